The molecule has 10 nitrogen and oxygen atoms in total. The number of rotatable bonds is 22. The Morgan fingerprint density at radius 3 is 2.27 bits per heavy atom. The van der Waals surface area contributed by atoms with E-state index in [2.05, 4.69) is 21.9 Å². The minimum Gasteiger partial charge on any atom is -0.374 e. The molecule has 1 aliphatic carbocycles. The Bertz CT molecular complexity index is 1560. The van der Waals surface area contributed by atoms with E-state index in [-0.39, 0.29) is 37.0 Å². The molecule has 0 bridgehead atoms. The van der Waals surface area contributed by atoms with Crippen molar-refractivity contribution < 1.29 is 27.5 Å². The molecule has 11 heteroatoms. The lowest BCUT2D eigenvalue weighted by Gasteiger charge is -2.27. The SMILES string of the molecule is CCCCCCCCCCCCOCC(=O)C1CC(=Nc2ccc(N(CC)CCNS(C)(=O)=O)cc2C)c2c(NC(C)=O)cccc2C1=O. The molecular weight excluding hydrogens is 641 g/mol. The number of amides is 1. The molecule has 2 N–H and O–H groups in total. The average molecular weight is 697 g/mol. The number of sulfonamides is 1. The van der Waals surface area contributed by atoms with Gasteiger partial charge in [-0.05, 0) is 50.1 Å². The van der Waals surface area contributed by atoms with Gasteiger partial charge in [0.15, 0.2) is 11.6 Å². The fraction of sp³-hybridized carbons (Fsp3) is 0.579. The number of Topliss-reactive ketones (excluding diaryl/α,β-unsaturated/α-hetero) is 2. The summed E-state index contributed by atoms with van der Waals surface area (Å²) in [5.74, 6) is -1.76. The highest BCUT2D eigenvalue weighted by Gasteiger charge is 2.37. The lowest BCUT2D eigenvalue weighted by Crippen LogP contribution is -2.35. The zero-order valence-corrected chi connectivity index (χ0v) is 30.9. The summed E-state index contributed by atoms with van der Waals surface area (Å²) in [6, 6.07) is 10.9. The molecule has 3 rings (SSSR count). The fourth-order valence-electron chi connectivity index (χ4n) is 6.21. The number of unbranched alkanes of at least 4 members (excludes halogenated alkanes) is 9. The summed E-state index contributed by atoms with van der Waals surface area (Å²) >= 11 is 0. The number of benzene rings is 2. The number of hydrogen-bond donors (Lipinski definition) is 2. The van der Waals surface area contributed by atoms with Crippen molar-refractivity contribution in [1.82, 2.24) is 4.72 Å². The number of nitrogens with one attached hydrogen (secondary N) is 2. The number of hydrogen-bond acceptors (Lipinski definition) is 8. The maximum atomic E-state index is 13.7. The van der Waals surface area contributed by atoms with Gasteiger partial charge in [0, 0.05) is 56.4 Å². The van der Waals surface area contributed by atoms with Gasteiger partial charge >= 0.3 is 0 Å². The maximum absolute atomic E-state index is 13.7. The van der Waals surface area contributed by atoms with Crippen molar-refractivity contribution in [2.45, 2.75) is 98.3 Å². The second-order valence-corrected chi connectivity index (χ2v) is 14.8. The second-order valence-electron chi connectivity index (χ2n) is 13.0. The van der Waals surface area contributed by atoms with E-state index < -0.39 is 15.9 Å². The van der Waals surface area contributed by atoms with Gasteiger partial charge < -0.3 is 15.0 Å². The Hall–Kier alpha value is -3.41. The summed E-state index contributed by atoms with van der Waals surface area (Å²) in [5.41, 5.74) is 4.38. The van der Waals surface area contributed by atoms with Crippen LogP contribution in [0.1, 0.15) is 113 Å². The Labute approximate surface area is 293 Å². The third-order valence-corrected chi connectivity index (χ3v) is 9.58. The predicted octanol–water partition coefficient (Wildman–Crippen LogP) is 7.16. The maximum Gasteiger partial charge on any atom is 0.221 e. The van der Waals surface area contributed by atoms with Crippen molar-refractivity contribution in [3.63, 3.8) is 0 Å². The van der Waals surface area contributed by atoms with E-state index in [9.17, 15) is 22.8 Å². The molecule has 0 aromatic heterocycles. The standard InChI is InChI=1S/C38H56N4O6S/c1-6-8-9-10-11-12-13-14-15-16-24-48-27-36(44)32-26-35(37-31(38(32)45)18-17-19-34(37)40-29(4)43)41-33-21-20-30(25-28(33)3)42(7-2)23-22-39-49(5,46)47/h17-21,25,32,39H,6-16,22-24,26-27H2,1-5H3,(H,40,43). The van der Waals surface area contributed by atoms with Crippen molar-refractivity contribution in [2.24, 2.45) is 10.9 Å². The first-order chi connectivity index (χ1) is 23.4. The van der Waals surface area contributed by atoms with E-state index in [1.807, 2.05) is 32.0 Å². The molecule has 0 saturated heterocycles. The van der Waals surface area contributed by atoms with Crippen LogP contribution in [0.5, 0.6) is 0 Å². The first kappa shape index (κ1) is 40.0. The van der Waals surface area contributed by atoms with Gasteiger partial charge in [0.2, 0.25) is 15.9 Å². The average Bonchev–Trinajstić information content (AvgIpc) is 3.05. The molecule has 2 aromatic rings. The Kier molecular flexibility index (Phi) is 16.6. The van der Waals surface area contributed by atoms with Gasteiger partial charge in [-0.1, -0.05) is 76.8 Å². The van der Waals surface area contributed by atoms with Crippen molar-refractivity contribution in [3.8, 4) is 0 Å². The quantitative estimate of drug-likeness (QED) is 0.0986. The number of carbonyl (C=O) groups excluding carboxylic acids is 3. The Morgan fingerprint density at radius 1 is 0.980 bits per heavy atom. The zero-order valence-electron chi connectivity index (χ0n) is 30.1. The summed E-state index contributed by atoms with van der Waals surface area (Å²) in [6.45, 7) is 9.39. The van der Waals surface area contributed by atoms with E-state index in [1.165, 1.54) is 51.9 Å². The number of ether oxygens (including phenoxy) is 1. The molecule has 1 atom stereocenters. The lowest BCUT2D eigenvalue weighted by molar-refractivity contribution is -0.126. The van der Waals surface area contributed by atoms with Crippen LogP contribution < -0.4 is 14.9 Å². The first-order valence-corrected chi connectivity index (χ1v) is 19.8. The number of aryl methyl sites for hydroxylation is 1. The summed E-state index contributed by atoms with van der Waals surface area (Å²) in [4.78, 5) is 46.2. The van der Waals surface area contributed by atoms with Crippen molar-refractivity contribution >= 4 is 50.3 Å². The van der Waals surface area contributed by atoms with Gasteiger partial charge in [-0.15, -0.1) is 0 Å². The first-order valence-electron chi connectivity index (χ1n) is 17.9. The molecule has 0 heterocycles. The number of nitrogens with zero attached hydrogens (tertiary/aromatic N) is 2. The lowest BCUT2D eigenvalue weighted by atomic mass is 9.78. The van der Waals surface area contributed by atoms with Gasteiger partial charge in [0.1, 0.15) is 6.61 Å². The van der Waals surface area contributed by atoms with E-state index in [0.717, 1.165) is 36.8 Å². The second kappa shape index (κ2) is 20.3. The molecule has 1 aliphatic rings. The molecular formula is C38H56N4O6S. The molecule has 270 valence electrons. The summed E-state index contributed by atoms with van der Waals surface area (Å²) in [7, 11) is -3.28. The molecule has 0 spiro atoms. The van der Waals surface area contributed by atoms with Gasteiger partial charge in [0.05, 0.1) is 29.3 Å². The predicted molar refractivity (Wildman–Crippen MR) is 199 cm³/mol. The van der Waals surface area contributed by atoms with Gasteiger partial charge in [-0.2, -0.15) is 0 Å². The van der Waals surface area contributed by atoms with Crippen molar-refractivity contribution in [2.75, 3.05) is 49.3 Å². The van der Waals surface area contributed by atoms with Crippen LogP contribution in [-0.4, -0.2) is 70.7 Å². The van der Waals surface area contributed by atoms with E-state index in [1.54, 1.807) is 18.2 Å². The summed E-state index contributed by atoms with van der Waals surface area (Å²) in [6.07, 6.45) is 13.4. The largest absolute Gasteiger partial charge is 0.374 e. The smallest absolute Gasteiger partial charge is 0.221 e. The summed E-state index contributed by atoms with van der Waals surface area (Å²) < 4.78 is 31.3. The number of anilines is 2. The molecule has 1 unspecified atom stereocenters. The van der Waals surface area contributed by atoms with E-state index in [4.69, 9.17) is 9.73 Å². The van der Waals surface area contributed by atoms with Crippen LogP contribution in [-0.2, 0) is 24.3 Å². The number of carbonyl (C=O) groups is 3. The van der Waals surface area contributed by atoms with Gasteiger partial charge in [0.25, 0.3) is 0 Å². The molecule has 0 saturated carbocycles. The van der Waals surface area contributed by atoms with E-state index in [0.29, 0.717) is 47.9 Å². The monoisotopic (exact) mass is 696 g/mol. The topological polar surface area (TPSA) is 134 Å². The van der Waals surface area contributed by atoms with Gasteiger partial charge in [-0.25, -0.2) is 13.1 Å². The highest BCUT2D eigenvalue weighted by Crippen LogP contribution is 2.35. The highest BCUT2D eigenvalue weighted by atomic mass is 32.2. The number of aliphatic imine (C=N–C) groups is 1. The van der Waals surface area contributed by atoms with E-state index >= 15 is 0 Å². The minimum absolute atomic E-state index is 0.0995. The Morgan fingerprint density at radius 2 is 1.65 bits per heavy atom. The molecule has 0 fully saturated rings. The van der Waals surface area contributed by atoms with Crippen molar-refractivity contribution in [1.29, 1.82) is 0 Å². The molecule has 49 heavy (non-hydrogen) atoms. The third kappa shape index (κ3) is 13.1. The normalized spacial score (nSPS) is 15.3. The van der Waals surface area contributed by atoms with Gasteiger partial charge in [-0.3, -0.25) is 19.4 Å². The molecule has 2 aromatic carbocycles. The Balaban J connectivity index is 1.72. The van der Waals surface area contributed by atoms with Crippen LogP contribution in [0.25, 0.3) is 0 Å². The highest BCUT2D eigenvalue weighted by molar-refractivity contribution is 7.88. The van der Waals surface area contributed by atoms with Crippen LogP contribution >= 0.6 is 0 Å². The van der Waals surface area contributed by atoms with Crippen LogP contribution in [0.3, 0.4) is 0 Å². The number of fused-ring (bicyclic) bond motifs is 1. The molecule has 0 aliphatic heterocycles. The molecule has 1 amide bonds. The van der Waals surface area contributed by atoms with Crippen LogP contribution in [0.15, 0.2) is 41.4 Å². The third-order valence-electron chi connectivity index (χ3n) is 8.85. The van der Waals surface area contributed by atoms with Crippen molar-refractivity contribution in [3.05, 3.63) is 53.1 Å². The number of likely N-dealkylation sites (N-methyl/N-ethyl adjacent to an activating group) is 1. The van der Waals surface area contributed by atoms with Crippen LogP contribution in [0.4, 0.5) is 17.1 Å². The number of ketones is 2. The molecule has 0 radical (unpaired) electrons. The fourth-order valence-corrected chi connectivity index (χ4v) is 6.67. The zero-order chi connectivity index (χ0) is 35.8. The van der Waals surface area contributed by atoms with Crippen LogP contribution in [0.2, 0.25) is 0 Å². The summed E-state index contributed by atoms with van der Waals surface area (Å²) in [5, 5.41) is 2.83. The minimum atomic E-state index is -3.28. The van der Waals surface area contributed by atoms with Crippen LogP contribution in [0, 0.1) is 12.8 Å².